The first kappa shape index (κ1) is 11.7. The molecule has 0 aliphatic rings. The lowest BCUT2D eigenvalue weighted by atomic mass is 10.2. The fourth-order valence-electron chi connectivity index (χ4n) is 1.40. The van der Waals surface area contributed by atoms with Gasteiger partial charge in [0.15, 0.2) is 5.82 Å². The van der Waals surface area contributed by atoms with E-state index in [9.17, 15) is 9.59 Å². The van der Waals surface area contributed by atoms with Gasteiger partial charge in [0, 0.05) is 0 Å². The van der Waals surface area contributed by atoms with E-state index in [1.807, 2.05) is 0 Å². The van der Waals surface area contributed by atoms with Crippen molar-refractivity contribution in [3.05, 3.63) is 35.7 Å². The second-order valence-corrected chi connectivity index (χ2v) is 3.43. The molecule has 1 aromatic heterocycles. The summed E-state index contributed by atoms with van der Waals surface area (Å²) in [5.74, 6) is -1.91. The number of carboxylic acids is 2. The molecule has 1 heterocycles. The van der Waals surface area contributed by atoms with Gasteiger partial charge in [0.2, 0.25) is 0 Å². The number of hydrogen-bond acceptors (Lipinski definition) is 5. The molecular formula is C10H8N4O4. The van der Waals surface area contributed by atoms with Crippen LogP contribution in [0.4, 0.5) is 0 Å². The summed E-state index contributed by atoms with van der Waals surface area (Å²) in [4.78, 5) is 21.3. The summed E-state index contributed by atoms with van der Waals surface area (Å²) in [6.45, 7) is 0. The summed E-state index contributed by atoms with van der Waals surface area (Å²) in [5.41, 5.74) is 0.632. The zero-order chi connectivity index (χ0) is 13.1. The van der Waals surface area contributed by atoms with Crippen LogP contribution in [0.15, 0.2) is 24.3 Å². The predicted molar refractivity (Wildman–Crippen MR) is 57.5 cm³/mol. The second-order valence-electron chi connectivity index (χ2n) is 3.43. The molecule has 0 unspecified atom stereocenters. The molecule has 0 spiro atoms. The van der Waals surface area contributed by atoms with Gasteiger partial charge in [-0.1, -0.05) is 0 Å². The first-order valence-corrected chi connectivity index (χ1v) is 4.90. The SMILES string of the molecule is O=C(O)Cc1nnnn1-c1ccc(C(=O)O)cc1. The van der Waals surface area contributed by atoms with Crippen LogP contribution in [0, 0.1) is 0 Å². The van der Waals surface area contributed by atoms with Crippen LogP contribution in [-0.2, 0) is 11.2 Å². The van der Waals surface area contributed by atoms with Crippen molar-refractivity contribution >= 4 is 11.9 Å². The highest BCUT2D eigenvalue weighted by atomic mass is 16.4. The molecule has 0 saturated heterocycles. The number of hydrogen-bond donors (Lipinski definition) is 2. The second kappa shape index (κ2) is 4.62. The van der Waals surface area contributed by atoms with Crippen LogP contribution < -0.4 is 0 Å². The maximum absolute atomic E-state index is 10.7. The van der Waals surface area contributed by atoms with Crippen molar-refractivity contribution in [2.75, 3.05) is 0 Å². The summed E-state index contributed by atoms with van der Waals surface area (Å²) in [6, 6.07) is 5.80. The van der Waals surface area contributed by atoms with Crippen molar-refractivity contribution in [3.63, 3.8) is 0 Å². The first-order chi connectivity index (χ1) is 8.58. The zero-order valence-electron chi connectivity index (χ0n) is 9.02. The number of nitrogens with zero attached hydrogens (tertiary/aromatic N) is 4. The Labute approximate surface area is 100 Å². The minimum Gasteiger partial charge on any atom is -0.481 e. The molecule has 0 aliphatic carbocycles. The Kier molecular flexibility index (Phi) is 3.00. The van der Waals surface area contributed by atoms with E-state index in [1.54, 1.807) is 0 Å². The number of carboxylic acid groups (broad SMARTS) is 2. The molecule has 0 saturated carbocycles. The van der Waals surface area contributed by atoms with Gasteiger partial charge >= 0.3 is 11.9 Å². The smallest absolute Gasteiger partial charge is 0.335 e. The van der Waals surface area contributed by atoms with Gasteiger partial charge < -0.3 is 10.2 Å². The molecule has 1 aromatic carbocycles. The summed E-state index contributed by atoms with van der Waals surface area (Å²) < 4.78 is 1.25. The quantitative estimate of drug-likeness (QED) is 0.780. The Morgan fingerprint density at radius 1 is 1.17 bits per heavy atom. The Morgan fingerprint density at radius 2 is 1.83 bits per heavy atom. The largest absolute Gasteiger partial charge is 0.481 e. The molecule has 0 fully saturated rings. The van der Waals surface area contributed by atoms with E-state index in [0.29, 0.717) is 5.69 Å². The lowest BCUT2D eigenvalue weighted by Gasteiger charge is -2.03. The van der Waals surface area contributed by atoms with Gasteiger partial charge in [-0.15, -0.1) is 5.10 Å². The minimum absolute atomic E-state index is 0.131. The first-order valence-electron chi connectivity index (χ1n) is 4.90. The molecular weight excluding hydrogens is 240 g/mol. The maximum atomic E-state index is 10.7. The zero-order valence-corrected chi connectivity index (χ0v) is 9.02. The average molecular weight is 248 g/mol. The third-order valence-corrected chi connectivity index (χ3v) is 2.20. The molecule has 0 bridgehead atoms. The monoisotopic (exact) mass is 248 g/mol. The summed E-state index contributed by atoms with van der Waals surface area (Å²) in [6.07, 6.45) is -0.312. The summed E-state index contributed by atoms with van der Waals surface area (Å²) in [7, 11) is 0. The predicted octanol–water partition coefficient (Wildman–Crippen LogP) is -0.0124. The number of benzene rings is 1. The van der Waals surface area contributed by atoms with Crippen LogP contribution >= 0.6 is 0 Å². The van der Waals surface area contributed by atoms with Crippen LogP contribution in [0.2, 0.25) is 0 Å². The number of aromatic nitrogens is 4. The third-order valence-electron chi connectivity index (χ3n) is 2.20. The average Bonchev–Trinajstić information content (AvgIpc) is 2.76. The summed E-state index contributed by atoms with van der Waals surface area (Å²) >= 11 is 0. The van der Waals surface area contributed by atoms with E-state index in [1.165, 1.54) is 28.9 Å². The van der Waals surface area contributed by atoms with E-state index in [2.05, 4.69) is 15.5 Å². The van der Waals surface area contributed by atoms with Gasteiger partial charge in [-0.2, -0.15) is 4.68 Å². The van der Waals surface area contributed by atoms with Gasteiger partial charge in [0.1, 0.15) is 6.42 Å². The normalized spacial score (nSPS) is 10.2. The fourth-order valence-corrected chi connectivity index (χ4v) is 1.40. The van der Waals surface area contributed by atoms with E-state index < -0.39 is 11.9 Å². The topological polar surface area (TPSA) is 118 Å². The molecule has 2 aromatic rings. The van der Waals surface area contributed by atoms with Gasteiger partial charge in [0.25, 0.3) is 0 Å². The van der Waals surface area contributed by atoms with Gasteiger partial charge in [0.05, 0.1) is 11.3 Å². The molecule has 2 N–H and O–H groups in total. The highest BCUT2D eigenvalue weighted by molar-refractivity contribution is 5.87. The van der Waals surface area contributed by atoms with Crippen molar-refractivity contribution in [1.29, 1.82) is 0 Å². The number of tetrazole rings is 1. The number of carbonyl (C=O) groups is 2. The lowest BCUT2D eigenvalue weighted by Crippen LogP contribution is -2.09. The molecule has 8 nitrogen and oxygen atoms in total. The highest BCUT2D eigenvalue weighted by Crippen LogP contribution is 2.10. The van der Waals surface area contributed by atoms with Crippen molar-refractivity contribution in [3.8, 4) is 5.69 Å². The third kappa shape index (κ3) is 2.32. The molecule has 8 heteroatoms. The van der Waals surface area contributed by atoms with Gasteiger partial charge in [-0.05, 0) is 34.7 Å². The van der Waals surface area contributed by atoms with Crippen molar-refractivity contribution in [1.82, 2.24) is 20.2 Å². The van der Waals surface area contributed by atoms with Crippen molar-refractivity contribution < 1.29 is 19.8 Å². The van der Waals surface area contributed by atoms with E-state index in [0.717, 1.165) is 0 Å². The Balaban J connectivity index is 2.34. The number of aromatic carboxylic acids is 1. The maximum Gasteiger partial charge on any atom is 0.335 e. The number of rotatable bonds is 4. The minimum atomic E-state index is -1.05. The van der Waals surface area contributed by atoms with Crippen LogP contribution in [0.5, 0.6) is 0 Å². The summed E-state index contributed by atoms with van der Waals surface area (Å²) in [5, 5.41) is 28.1. The molecule has 0 radical (unpaired) electrons. The highest BCUT2D eigenvalue weighted by Gasteiger charge is 2.12. The molecule has 0 atom stereocenters. The number of aliphatic carboxylic acids is 1. The van der Waals surface area contributed by atoms with Crippen LogP contribution in [0.25, 0.3) is 5.69 Å². The molecule has 0 aliphatic heterocycles. The molecule has 18 heavy (non-hydrogen) atoms. The molecule has 0 amide bonds. The van der Waals surface area contributed by atoms with Gasteiger partial charge in [-0.25, -0.2) is 4.79 Å². The van der Waals surface area contributed by atoms with Crippen molar-refractivity contribution in [2.24, 2.45) is 0 Å². The van der Waals surface area contributed by atoms with Crippen LogP contribution in [-0.4, -0.2) is 42.4 Å². The van der Waals surface area contributed by atoms with Crippen LogP contribution in [0.1, 0.15) is 16.2 Å². The van der Waals surface area contributed by atoms with E-state index in [4.69, 9.17) is 10.2 Å². The van der Waals surface area contributed by atoms with Crippen molar-refractivity contribution in [2.45, 2.75) is 6.42 Å². The van der Waals surface area contributed by atoms with Crippen LogP contribution in [0.3, 0.4) is 0 Å². The van der Waals surface area contributed by atoms with Gasteiger partial charge in [-0.3, -0.25) is 4.79 Å². The molecule has 92 valence electrons. The Bertz CT molecular complexity index is 590. The fraction of sp³-hybridized carbons (Fsp3) is 0.100. The standard InChI is InChI=1S/C10H8N4O4/c15-9(16)5-8-11-12-13-14(8)7-3-1-6(2-4-7)10(17)18/h1-4H,5H2,(H,15,16)(H,17,18). The van der Waals surface area contributed by atoms with E-state index in [-0.39, 0.29) is 17.8 Å². The molecule has 2 rings (SSSR count). The van der Waals surface area contributed by atoms with E-state index >= 15 is 0 Å². The lowest BCUT2D eigenvalue weighted by molar-refractivity contribution is -0.136. The Hall–Kier alpha value is -2.77. The Morgan fingerprint density at radius 3 is 2.39 bits per heavy atom.